The van der Waals surface area contributed by atoms with Crippen LogP contribution in [-0.4, -0.2) is 24.0 Å². The Morgan fingerprint density at radius 2 is 1.85 bits per heavy atom. The summed E-state index contributed by atoms with van der Waals surface area (Å²) in [6, 6.07) is 7.66. The SMILES string of the molecule is CCC(C)CN(CC)C(=O)Nc1ccc(C(C)N)cc1. The largest absolute Gasteiger partial charge is 0.325 e. The maximum absolute atomic E-state index is 12.2. The lowest BCUT2D eigenvalue weighted by Crippen LogP contribution is -2.37. The molecule has 1 rings (SSSR count). The van der Waals surface area contributed by atoms with Gasteiger partial charge in [-0.15, -0.1) is 0 Å². The van der Waals surface area contributed by atoms with Gasteiger partial charge in [0, 0.05) is 24.8 Å². The van der Waals surface area contributed by atoms with E-state index >= 15 is 0 Å². The van der Waals surface area contributed by atoms with E-state index in [-0.39, 0.29) is 12.1 Å². The lowest BCUT2D eigenvalue weighted by atomic mass is 10.1. The Labute approximate surface area is 122 Å². The fraction of sp³-hybridized carbons (Fsp3) is 0.562. The molecule has 1 aromatic rings. The first-order valence-electron chi connectivity index (χ1n) is 7.39. The predicted molar refractivity (Wildman–Crippen MR) is 84.8 cm³/mol. The summed E-state index contributed by atoms with van der Waals surface area (Å²) in [6.07, 6.45) is 1.08. The van der Waals surface area contributed by atoms with E-state index in [1.165, 1.54) is 0 Å². The second-order valence-corrected chi connectivity index (χ2v) is 5.39. The summed E-state index contributed by atoms with van der Waals surface area (Å²) in [5, 5.41) is 2.93. The molecule has 0 aliphatic heterocycles. The van der Waals surface area contributed by atoms with Crippen molar-refractivity contribution in [1.29, 1.82) is 0 Å². The number of anilines is 1. The van der Waals surface area contributed by atoms with Crippen LogP contribution in [0, 0.1) is 5.92 Å². The zero-order chi connectivity index (χ0) is 15.1. The molecular formula is C16H27N3O. The van der Waals surface area contributed by atoms with Gasteiger partial charge in [0.2, 0.25) is 0 Å². The Morgan fingerprint density at radius 1 is 1.25 bits per heavy atom. The maximum Gasteiger partial charge on any atom is 0.321 e. The van der Waals surface area contributed by atoms with Crippen molar-refractivity contribution in [2.75, 3.05) is 18.4 Å². The van der Waals surface area contributed by atoms with E-state index in [0.717, 1.165) is 24.2 Å². The Bertz CT molecular complexity index is 414. The molecule has 2 unspecified atom stereocenters. The number of hydrogen-bond donors (Lipinski definition) is 2. The molecule has 0 saturated heterocycles. The van der Waals surface area contributed by atoms with Crippen molar-refractivity contribution < 1.29 is 4.79 Å². The second kappa shape index (κ2) is 7.90. The summed E-state index contributed by atoms with van der Waals surface area (Å²) in [6.45, 7) is 9.75. The molecule has 4 heteroatoms. The number of nitrogens with two attached hydrogens (primary N) is 1. The van der Waals surface area contributed by atoms with Crippen LogP contribution in [0.2, 0.25) is 0 Å². The first kappa shape index (κ1) is 16.5. The second-order valence-electron chi connectivity index (χ2n) is 5.39. The van der Waals surface area contributed by atoms with Crippen molar-refractivity contribution >= 4 is 11.7 Å². The van der Waals surface area contributed by atoms with Crippen LogP contribution in [0.3, 0.4) is 0 Å². The first-order valence-corrected chi connectivity index (χ1v) is 7.39. The number of urea groups is 1. The highest BCUT2D eigenvalue weighted by Crippen LogP contribution is 2.15. The van der Waals surface area contributed by atoms with Gasteiger partial charge in [0.1, 0.15) is 0 Å². The molecule has 0 heterocycles. The maximum atomic E-state index is 12.2. The number of amides is 2. The number of carbonyl (C=O) groups excluding carboxylic acids is 1. The molecule has 0 aromatic heterocycles. The van der Waals surface area contributed by atoms with Crippen LogP contribution in [0.15, 0.2) is 24.3 Å². The molecule has 112 valence electrons. The first-order chi connectivity index (χ1) is 9.47. The van der Waals surface area contributed by atoms with Crippen molar-refractivity contribution in [3.63, 3.8) is 0 Å². The van der Waals surface area contributed by atoms with Crippen molar-refractivity contribution in [1.82, 2.24) is 4.90 Å². The average molecular weight is 277 g/mol. The van der Waals surface area contributed by atoms with Crippen molar-refractivity contribution in [2.45, 2.75) is 40.2 Å². The monoisotopic (exact) mass is 277 g/mol. The molecule has 0 radical (unpaired) electrons. The van der Waals surface area contributed by atoms with E-state index in [4.69, 9.17) is 5.73 Å². The van der Waals surface area contributed by atoms with Crippen molar-refractivity contribution in [3.05, 3.63) is 29.8 Å². The van der Waals surface area contributed by atoms with Gasteiger partial charge in [-0.25, -0.2) is 4.79 Å². The molecule has 4 nitrogen and oxygen atoms in total. The van der Waals surface area contributed by atoms with Crippen LogP contribution in [-0.2, 0) is 0 Å². The zero-order valence-corrected chi connectivity index (χ0v) is 13.0. The van der Waals surface area contributed by atoms with Crippen LogP contribution in [0.4, 0.5) is 10.5 Å². The van der Waals surface area contributed by atoms with E-state index < -0.39 is 0 Å². The molecule has 0 spiro atoms. The van der Waals surface area contributed by atoms with Gasteiger partial charge in [0.25, 0.3) is 0 Å². The molecule has 0 fully saturated rings. The average Bonchev–Trinajstić information content (AvgIpc) is 2.44. The standard InChI is InChI=1S/C16H27N3O/c1-5-12(3)11-19(6-2)16(20)18-15-9-7-14(8-10-15)13(4)17/h7-10,12-13H,5-6,11,17H2,1-4H3,(H,18,20). The van der Waals surface area contributed by atoms with Gasteiger partial charge < -0.3 is 16.0 Å². The highest BCUT2D eigenvalue weighted by Gasteiger charge is 2.14. The minimum atomic E-state index is -0.0404. The highest BCUT2D eigenvalue weighted by atomic mass is 16.2. The van der Waals surface area contributed by atoms with E-state index in [1.807, 2.05) is 43.0 Å². The van der Waals surface area contributed by atoms with Crippen LogP contribution in [0.1, 0.15) is 45.7 Å². The van der Waals surface area contributed by atoms with Gasteiger partial charge in [-0.2, -0.15) is 0 Å². The molecule has 3 N–H and O–H groups in total. The molecular weight excluding hydrogens is 250 g/mol. The van der Waals surface area contributed by atoms with Crippen molar-refractivity contribution in [3.8, 4) is 0 Å². The van der Waals surface area contributed by atoms with Gasteiger partial charge in [0.15, 0.2) is 0 Å². The predicted octanol–water partition coefficient (Wildman–Crippen LogP) is 3.61. The van der Waals surface area contributed by atoms with Gasteiger partial charge >= 0.3 is 6.03 Å². The van der Waals surface area contributed by atoms with Crippen LogP contribution in [0.5, 0.6) is 0 Å². The molecule has 0 aliphatic carbocycles. The lowest BCUT2D eigenvalue weighted by molar-refractivity contribution is 0.205. The van der Waals surface area contributed by atoms with E-state index in [0.29, 0.717) is 12.5 Å². The highest BCUT2D eigenvalue weighted by molar-refractivity contribution is 5.89. The Balaban J connectivity index is 2.63. The fourth-order valence-electron chi connectivity index (χ4n) is 1.93. The summed E-state index contributed by atoms with van der Waals surface area (Å²) >= 11 is 0. The van der Waals surface area contributed by atoms with Gasteiger partial charge in [-0.3, -0.25) is 0 Å². The smallest absolute Gasteiger partial charge is 0.321 e. The normalized spacial score (nSPS) is 13.7. The van der Waals surface area contributed by atoms with E-state index in [1.54, 1.807) is 0 Å². The van der Waals surface area contributed by atoms with E-state index in [9.17, 15) is 4.79 Å². The molecule has 0 saturated carbocycles. The summed E-state index contributed by atoms with van der Waals surface area (Å²) in [5.74, 6) is 0.515. The summed E-state index contributed by atoms with van der Waals surface area (Å²) in [5.41, 5.74) is 7.68. The molecule has 20 heavy (non-hydrogen) atoms. The van der Waals surface area contributed by atoms with Gasteiger partial charge in [-0.05, 0) is 37.5 Å². The van der Waals surface area contributed by atoms with Crippen LogP contribution < -0.4 is 11.1 Å². The third kappa shape index (κ3) is 4.85. The Kier molecular flexibility index (Phi) is 6.52. The summed E-state index contributed by atoms with van der Waals surface area (Å²) in [7, 11) is 0. The number of rotatable bonds is 6. The van der Waals surface area contributed by atoms with Gasteiger partial charge in [0.05, 0.1) is 0 Å². The lowest BCUT2D eigenvalue weighted by Gasteiger charge is -2.24. The number of carbonyl (C=O) groups is 1. The topological polar surface area (TPSA) is 58.4 Å². The Morgan fingerprint density at radius 3 is 2.30 bits per heavy atom. The van der Waals surface area contributed by atoms with Gasteiger partial charge in [-0.1, -0.05) is 32.4 Å². The fourth-order valence-corrected chi connectivity index (χ4v) is 1.93. The summed E-state index contributed by atoms with van der Waals surface area (Å²) < 4.78 is 0. The molecule has 1 aromatic carbocycles. The quantitative estimate of drug-likeness (QED) is 0.834. The minimum Gasteiger partial charge on any atom is -0.325 e. The van der Waals surface area contributed by atoms with Crippen LogP contribution in [0.25, 0.3) is 0 Å². The molecule has 2 amide bonds. The van der Waals surface area contributed by atoms with Crippen LogP contribution >= 0.6 is 0 Å². The third-order valence-electron chi connectivity index (χ3n) is 3.59. The molecule has 0 bridgehead atoms. The Hall–Kier alpha value is -1.55. The number of nitrogens with one attached hydrogen (secondary N) is 1. The van der Waals surface area contributed by atoms with Crippen molar-refractivity contribution in [2.24, 2.45) is 11.7 Å². The van der Waals surface area contributed by atoms with E-state index in [2.05, 4.69) is 19.2 Å². The molecule has 0 aliphatic rings. The minimum absolute atomic E-state index is 0.0114. The number of benzene rings is 1. The third-order valence-corrected chi connectivity index (χ3v) is 3.59. The number of nitrogens with zero attached hydrogens (tertiary/aromatic N) is 1. The zero-order valence-electron chi connectivity index (χ0n) is 13.0. The summed E-state index contributed by atoms with van der Waals surface area (Å²) in [4.78, 5) is 14.0. The number of hydrogen-bond acceptors (Lipinski definition) is 2. The molecule has 2 atom stereocenters.